The normalized spacial score (nSPS) is 10.4. The molecule has 2 aromatic carbocycles. The summed E-state index contributed by atoms with van der Waals surface area (Å²) in [4.78, 5) is 15.4. The highest BCUT2D eigenvalue weighted by Gasteiger charge is 2.06. The van der Waals surface area contributed by atoms with Crippen LogP contribution in [0.2, 0.25) is 0 Å². The highest BCUT2D eigenvalue weighted by molar-refractivity contribution is 5.94. The van der Waals surface area contributed by atoms with Gasteiger partial charge in [-0.15, -0.1) is 0 Å². The molecule has 0 aliphatic rings. The maximum absolute atomic E-state index is 11.0. The fraction of sp³-hybridized carbons (Fsp3) is 0.0588. The van der Waals surface area contributed by atoms with Crippen LogP contribution < -0.4 is 10.1 Å². The van der Waals surface area contributed by atoms with E-state index in [9.17, 15) is 4.79 Å². The van der Waals surface area contributed by atoms with Gasteiger partial charge in [0.05, 0.1) is 18.2 Å². The predicted molar refractivity (Wildman–Crippen MR) is 85.0 cm³/mol. The molecule has 0 unspecified atom stereocenters. The van der Waals surface area contributed by atoms with Crippen LogP contribution in [0.25, 0.3) is 10.9 Å². The third-order valence-electron chi connectivity index (χ3n) is 3.34. The Morgan fingerprint density at radius 2 is 2.05 bits per heavy atom. The van der Waals surface area contributed by atoms with Gasteiger partial charge in [0.2, 0.25) is 0 Å². The number of carbonyl (C=O) groups is 1. The number of nitrogens with one attached hydrogen (secondary N) is 1. The van der Waals surface area contributed by atoms with Gasteiger partial charge in [-0.25, -0.2) is 4.79 Å². The summed E-state index contributed by atoms with van der Waals surface area (Å²) in [7, 11) is 1.61. The summed E-state index contributed by atoms with van der Waals surface area (Å²) in [6.45, 7) is 0. The number of aromatic nitrogens is 1. The van der Waals surface area contributed by atoms with Crippen molar-refractivity contribution in [2.75, 3.05) is 12.4 Å². The van der Waals surface area contributed by atoms with Crippen LogP contribution in [0.15, 0.2) is 54.7 Å². The van der Waals surface area contributed by atoms with Gasteiger partial charge in [0.15, 0.2) is 0 Å². The number of anilines is 2. The lowest BCUT2D eigenvalue weighted by Crippen LogP contribution is -1.98. The third kappa shape index (κ3) is 2.69. The molecule has 5 heteroatoms. The maximum Gasteiger partial charge on any atom is 0.335 e. The van der Waals surface area contributed by atoms with E-state index in [1.54, 1.807) is 31.5 Å². The molecule has 3 rings (SSSR count). The number of fused-ring (bicyclic) bond motifs is 1. The molecule has 0 bridgehead atoms. The first-order chi connectivity index (χ1) is 10.7. The molecular weight excluding hydrogens is 280 g/mol. The van der Waals surface area contributed by atoms with Crippen molar-refractivity contribution in [1.29, 1.82) is 0 Å². The van der Waals surface area contributed by atoms with Gasteiger partial charge < -0.3 is 15.2 Å². The number of pyridine rings is 1. The second kappa shape index (κ2) is 5.73. The molecule has 5 nitrogen and oxygen atoms in total. The van der Waals surface area contributed by atoms with Crippen LogP contribution in [0.3, 0.4) is 0 Å². The van der Waals surface area contributed by atoms with Gasteiger partial charge in [0.25, 0.3) is 0 Å². The van der Waals surface area contributed by atoms with Gasteiger partial charge >= 0.3 is 5.97 Å². The molecule has 0 radical (unpaired) electrons. The number of carboxylic acids is 1. The monoisotopic (exact) mass is 294 g/mol. The number of ether oxygens (including phenoxy) is 1. The molecule has 3 aromatic rings. The first kappa shape index (κ1) is 13.9. The standard InChI is InChI=1S/C17H14N2O3/c1-22-13-5-6-14-15(7-8-18-16(14)10-13)19-12-4-2-3-11(9-12)17(20)21/h2-10H,1H3,(H,18,19)(H,20,21). The van der Waals surface area contributed by atoms with E-state index in [1.165, 1.54) is 0 Å². The van der Waals surface area contributed by atoms with E-state index >= 15 is 0 Å². The summed E-state index contributed by atoms with van der Waals surface area (Å²) < 4.78 is 5.20. The van der Waals surface area contributed by atoms with Crippen molar-refractivity contribution in [2.45, 2.75) is 0 Å². The van der Waals surface area contributed by atoms with Crippen molar-refractivity contribution in [3.05, 3.63) is 60.3 Å². The van der Waals surface area contributed by atoms with Crippen molar-refractivity contribution in [3.8, 4) is 5.75 Å². The van der Waals surface area contributed by atoms with Gasteiger partial charge in [-0.05, 0) is 36.4 Å². The molecule has 0 saturated heterocycles. The number of nitrogens with zero attached hydrogens (tertiary/aromatic N) is 1. The van der Waals surface area contributed by atoms with Gasteiger partial charge in [0, 0.05) is 29.0 Å². The summed E-state index contributed by atoms with van der Waals surface area (Å²) in [5.41, 5.74) is 2.61. The molecule has 2 N–H and O–H groups in total. The largest absolute Gasteiger partial charge is 0.497 e. The number of carboxylic acid groups (broad SMARTS) is 1. The van der Waals surface area contributed by atoms with E-state index in [2.05, 4.69) is 10.3 Å². The zero-order valence-corrected chi connectivity index (χ0v) is 11.9. The van der Waals surface area contributed by atoms with E-state index < -0.39 is 5.97 Å². The minimum Gasteiger partial charge on any atom is -0.497 e. The Labute approximate surface area is 127 Å². The first-order valence-corrected chi connectivity index (χ1v) is 6.70. The quantitative estimate of drug-likeness (QED) is 0.768. The number of hydrogen-bond acceptors (Lipinski definition) is 4. The second-order valence-corrected chi connectivity index (χ2v) is 4.75. The van der Waals surface area contributed by atoms with Gasteiger partial charge in [-0.1, -0.05) is 6.07 Å². The summed E-state index contributed by atoms with van der Waals surface area (Å²) in [5, 5.41) is 13.2. The molecule has 0 fully saturated rings. The highest BCUT2D eigenvalue weighted by atomic mass is 16.5. The van der Waals surface area contributed by atoms with E-state index in [4.69, 9.17) is 9.84 Å². The smallest absolute Gasteiger partial charge is 0.335 e. The first-order valence-electron chi connectivity index (χ1n) is 6.70. The molecule has 0 amide bonds. The molecule has 110 valence electrons. The van der Waals surface area contributed by atoms with Gasteiger partial charge in [0.1, 0.15) is 5.75 Å². The lowest BCUT2D eigenvalue weighted by Gasteiger charge is -2.10. The Hall–Kier alpha value is -3.08. The third-order valence-corrected chi connectivity index (χ3v) is 3.34. The number of rotatable bonds is 4. The van der Waals surface area contributed by atoms with Crippen molar-refractivity contribution in [3.63, 3.8) is 0 Å². The Kier molecular flexibility index (Phi) is 3.62. The molecule has 0 saturated carbocycles. The summed E-state index contributed by atoms with van der Waals surface area (Å²) >= 11 is 0. The number of methoxy groups -OCH3 is 1. The summed E-state index contributed by atoms with van der Waals surface area (Å²) in [6.07, 6.45) is 1.70. The van der Waals surface area contributed by atoms with E-state index in [1.807, 2.05) is 30.3 Å². The van der Waals surface area contributed by atoms with Crippen LogP contribution in [0.4, 0.5) is 11.4 Å². The zero-order chi connectivity index (χ0) is 15.5. The van der Waals surface area contributed by atoms with Crippen LogP contribution in [-0.4, -0.2) is 23.2 Å². The van der Waals surface area contributed by atoms with Crippen LogP contribution >= 0.6 is 0 Å². The van der Waals surface area contributed by atoms with Crippen LogP contribution in [0.1, 0.15) is 10.4 Å². The minimum atomic E-state index is -0.951. The van der Waals surface area contributed by atoms with Gasteiger partial charge in [-0.3, -0.25) is 4.98 Å². The molecule has 0 aliphatic heterocycles. The molecule has 0 spiro atoms. The molecular formula is C17H14N2O3. The van der Waals surface area contributed by atoms with Crippen LogP contribution in [0.5, 0.6) is 5.75 Å². The fourth-order valence-corrected chi connectivity index (χ4v) is 2.25. The Morgan fingerprint density at radius 1 is 1.18 bits per heavy atom. The van der Waals surface area contributed by atoms with Crippen molar-refractivity contribution < 1.29 is 14.6 Å². The molecule has 1 aromatic heterocycles. The Morgan fingerprint density at radius 3 is 2.82 bits per heavy atom. The van der Waals surface area contributed by atoms with E-state index in [0.29, 0.717) is 5.69 Å². The molecule has 22 heavy (non-hydrogen) atoms. The Bertz CT molecular complexity index is 846. The number of aromatic carboxylic acids is 1. The summed E-state index contributed by atoms with van der Waals surface area (Å²) in [6, 6.07) is 14.2. The lowest BCUT2D eigenvalue weighted by molar-refractivity contribution is 0.0697. The predicted octanol–water partition coefficient (Wildman–Crippen LogP) is 3.69. The SMILES string of the molecule is COc1ccc2c(Nc3cccc(C(=O)O)c3)ccnc2c1. The molecule has 1 heterocycles. The maximum atomic E-state index is 11.0. The van der Waals surface area contributed by atoms with Crippen molar-refractivity contribution in [2.24, 2.45) is 0 Å². The zero-order valence-electron chi connectivity index (χ0n) is 11.9. The van der Waals surface area contributed by atoms with Crippen LogP contribution in [0, 0.1) is 0 Å². The topological polar surface area (TPSA) is 71.5 Å². The average Bonchev–Trinajstić information content (AvgIpc) is 2.55. The van der Waals surface area contributed by atoms with E-state index in [-0.39, 0.29) is 5.56 Å². The second-order valence-electron chi connectivity index (χ2n) is 4.75. The fourth-order valence-electron chi connectivity index (χ4n) is 2.25. The van der Waals surface area contributed by atoms with E-state index in [0.717, 1.165) is 22.3 Å². The van der Waals surface area contributed by atoms with Gasteiger partial charge in [-0.2, -0.15) is 0 Å². The summed E-state index contributed by atoms with van der Waals surface area (Å²) in [5.74, 6) is -0.210. The minimum absolute atomic E-state index is 0.241. The van der Waals surface area contributed by atoms with Crippen LogP contribution in [-0.2, 0) is 0 Å². The van der Waals surface area contributed by atoms with Crippen molar-refractivity contribution in [1.82, 2.24) is 4.98 Å². The average molecular weight is 294 g/mol. The lowest BCUT2D eigenvalue weighted by atomic mass is 10.1. The van der Waals surface area contributed by atoms with Crippen molar-refractivity contribution >= 4 is 28.2 Å². The highest BCUT2D eigenvalue weighted by Crippen LogP contribution is 2.28. The number of benzene rings is 2. The Balaban J connectivity index is 2.00. The number of hydrogen-bond donors (Lipinski definition) is 2. The molecule has 0 aliphatic carbocycles. The molecule has 0 atom stereocenters.